The first-order chi connectivity index (χ1) is 12.2. The maximum atomic E-state index is 12.6. The molecule has 2 saturated heterocycles. The van der Waals surface area contributed by atoms with Crippen molar-refractivity contribution in [1.82, 2.24) is 10.2 Å². The molecule has 0 aliphatic carbocycles. The summed E-state index contributed by atoms with van der Waals surface area (Å²) in [7, 11) is 0. The minimum atomic E-state index is -4.36. The number of alkyl halides is 3. The molecular formula is C19H25F3N2O2. The number of hydrogen-bond donors (Lipinski definition) is 1. The first-order valence-electron chi connectivity index (χ1n) is 9.03. The van der Waals surface area contributed by atoms with E-state index in [-0.39, 0.29) is 24.5 Å². The van der Waals surface area contributed by atoms with Gasteiger partial charge in [0, 0.05) is 25.2 Å². The van der Waals surface area contributed by atoms with Crippen LogP contribution in [-0.2, 0) is 22.1 Å². The molecule has 1 amide bonds. The third-order valence-electron chi connectivity index (χ3n) is 5.20. The van der Waals surface area contributed by atoms with Crippen LogP contribution < -0.4 is 5.32 Å². The van der Waals surface area contributed by atoms with Crippen LogP contribution in [0.1, 0.15) is 31.4 Å². The van der Waals surface area contributed by atoms with E-state index in [0.29, 0.717) is 24.1 Å². The van der Waals surface area contributed by atoms with Gasteiger partial charge in [0.2, 0.25) is 5.91 Å². The summed E-state index contributed by atoms with van der Waals surface area (Å²) in [5.41, 5.74) is -0.122. The molecule has 0 spiro atoms. The summed E-state index contributed by atoms with van der Waals surface area (Å²) in [6, 6.07) is 5.16. The van der Waals surface area contributed by atoms with Crippen LogP contribution in [0.3, 0.4) is 0 Å². The Kier molecular flexibility index (Phi) is 5.58. The average Bonchev–Trinajstić information content (AvgIpc) is 2.95. The lowest BCUT2D eigenvalue weighted by atomic mass is 10.0. The average molecular weight is 370 g/mol. The number of nitrogens with one attached hydrogen (secondary N) is 1. The SMILES string of the molecule is CC(C)[C@@H]1CN2C[C@H](NC(=O)Cc3ccc(C(F)(F)F)cc3)C[C@H]2CO1. The van der Waals surface area contributed by atoms with Gasteiger partial charge < -0.3 is 10.1 Å². The number of morpholine rings is 1. The lowest BCUT2D eigenvalue weighted by Crippen LogP contribution is -2.48. The van der Waals surface area contributed by atoms with Crippen LogP contribution in [0, 0.1) is 5.92 Å². The molecule has 26 heavy (non-hydrogen) atoms. The number of hydrogen-bond acceptors (Lipinski definition) is 3. The van der Waals surface area contributed by atoms with Crippen molar-refractivity contribution in [2.45, 2.75) is 51.1 Å². The summed E-state index contributed by atoms with van der Waals surface area (Å²) in [6.07, 6.45) is -3.19. The summed E-state index contributed by atoms with van der Waals surface area (Å²) in [5.74, 6) is 0.306. The van der Waals surface area contributed by atoms with E-state index >= 15 is 0 Å². The highest BCUT2D eigenvalue weighted by molar-refractivity contribution is 5.78. The van der Waals surface area contributed by atoms with E-state index in [1.165, 1.54) is 12.1 Å². The molecule has 3 rings (SSSR count). The van der Waals surface area contributed by atoms with Crippen molar-refractivity contribution < 1.29 is 22.7 Å². The van der Waals surface area contributed by atoms with Crippen LogP contribution in [0.5, 0.6) is 0 Å². The fraction of sp³-hybridized carbons (Fsp3) is 0.632. The molecule has 1 aromatic carbocycles. The van der Waals surface area contributed by atoms with E-state index in [2.05, 4.69) is 24.1 Å². The molecule has 0 bridgehead atoms. The minimum absolute atomic E-state index is 0.0662. The Morgan fingerprint density at radius 1 is 1.27 bits per heavy atom. The lowest BCUT2D eigenvalue weighted by molar-refractivity contribution is -0.137. The zero-order chi connectivity index (χ0) is 18.9. The predicted octanol–water partition coefficient (Wildman–Crippen LogP) is 2.86. The fourth-order valence-electron chi connectivity index (χ4n) is 3.68. The molecule has 0 unspecified atom stereocenters. The van der Waals surface area contributed by atoms with E-state index in [4.69, 9.17) is 4.74 Å². The first-order valence-corrected chi connectivity index (χ1v) is 9.03. The van der Waals surface area contributed by atoms with Crippen LogP contribution in [0.25, 0.3) is 0 Å². The lowest BCUT2D eigenvalue weighted by Gasteiger charge is -2.36. The van der Waals surface area contributed by atoms with Gasteiger partial charge in [0.05, 0.1) is 24.7 Å². The van der Waals surface area contributed by atoms with Crippen molar-refractivity contribution in [2.75, 3.05) is 19.7 Å². The second-order valence-corrected chi connectivity index (χ2v) is 7.60. The Bertz CT molecular complexity index is 631. The number of ether oxygens (including phenoxy) is 1. The molecule has 7 heteroatoms. The molecule has 0 saturated carbocycles. The predicted molar refractivity (Wildman–Crippen MR) is 91.6 cm³/mol. The molecule has 2 aliphatic heterocycles. The zero-order valence-electron chi connectivity index (χ0n) is 15.1. The van der Waals surface area contributed by atoms with Crippen LogP contribution in [-0.4, -0.2) is 48.7 Å². The molecule has 2 aliphatic rings. The number of carbonyl (C=O) groups excluding carboxylic acids is 1. The monoisotopic (exact) mass is 370 g/mol. The van der Waals surface area contributed by atoms with Gasteiger partial charge in [0.1, 0.15) is 0 Å². The van der Waals surface area contributed by atoms with Crippen molar-refractivity contribution in [2.24, 2.45) is 5.92 Å². The highest BCUT2D eigenvalue weighted by Crippen LogP contribution is 2.29. The Hall–Kier alpha value is -1.60. The maximum Gasteiger partial charge on any atom is 0.416 e. The topological polar surface area (TPSA) is 41.6 Å². The van der Waals surface area contributed by atoms with Crippen molar-refractivity contribution in [1.29, 1.82) is 0 Å². The van der Waals surface area contributed by atoms with E-state index < -0.39 is 11.7 Å². The second kappa shape index (κ2) is 7.56. The molecule has 0 aromatic heterocycles. The highest BCUT2D eigenvalue weighted by atomic mass is 19.4. The second-order valence-electron chi connectivity index (χ2n) is 7.60. The number of benzene rings is 1. The van der Waals surface area contributed by atoms with Gasteiger partial charge in [0.15, 0.2) is 0 Å². The summed E-state index contributed by atoms with van der Waals surface area (Å²) >= 11 is 0. The zero-order valence-corrected chi connectivity index (χ0v) is 15.1. The van der Waals surface area contributed by atoms with Gasteiger partial charge in [-0.3, -0.25) is 9.69 Å². The maximum absolute atomic E-state index is 12.6. The third kappa shape index (κ3) is 4.57. The van der Waals surface area contributed by atoms with Crippen LogP contribution in [0.2, 0.25) is 0 Å². The van der Waals surface area contributed by atoms with Gasteiger partial charge in [-0.25, -0.2) is 0 Å². The van der Waals surface area contributed by atoms with Crippen molar-refractivity contribution in [3.63, 3.8) is 0 Å². The van der Waals surface area contributed by atoms with Crippen molar-refractivity contribution >= 4 is 5.91 Å². The molecule has 3 atom stereocenters. The van der Waals surface area contributed by atoms with Gasteiger partial charge in [-0.15, -0.1) is 0 Å². The fourth-order valence-corrected chi connectivity index (χ4v) is 3.68. The summed E-state index contributed by atoms with van der Waals surface area (Å²) in [6.45, 7) is 6.66. The van der Waals surface area contributed by atoms with Gasteiger partial charge in [-0.05, 0) is 30.0 Å². The van der Waals surface area contributed by atoms with E-state index in [0.717, 1.165) is 31.6 Å². The van der Waals surface area contributed by atoms with Crippen LogP contribution in [0.15, 0.2) is 24.3 Å². The molecule has 4 nitrogen and oxygen atoms in total. The van der Waals surface area contributed by atoms with E-state index in [9.17, 15) is 18.0 Å². The number of carbonyl (C=O) groups is 1. The quantitative estimate of drug-likeness (QED) is 0.886. The van der Waals surface area contributed by atoms with Gasteiger partial charge >= 0.3 is 6.18 Å². The van der Waals surface area contributed by atoms with Crippen molar-refractivity contribution in [3.05, 3.63) is 35.4 Å². The largest absolute Gasteiger partial charge is 0.416 e. The molecule has 1 N–H and O–H groups in total. The minimum Gasteiger partial charge on any atom is -0.375 e. The normalized spacial score (nSPS) is 26.8. The van der Waals surface area contributed by atoms with E-state index in [1.807, 2.05) is 0 Å². The molecule has 144 valence electrons. The standard InChI is InChI=1S/C19H25F3N2O2/c1-12(2)17-10-24-9-15(8-16(24)11-26-17)23-18(25)7-13-3-5-14(6-4-13)19(20,21)22/h3-6,12,15-17H,7-11H2,1-2H3,(H,23,25)/t15-,16+,17+/m1/s1. The number of rotatable bonds is 4. The summed E-state index contributed by atoms with van der Waals surface area (Å²) in [5, 5.41) is 3.01. The van der Waals surface area contributed by atoms with Crippen LogP contribution in [0.4, 0.5) is 13.2 Å². The Balaban J connectivity index is 1.50. The molecule has 0 radical (unpaired) electrons. The number of halogens is 3. The molecular weight excluding hydrogens is 345 g/mol. The Morgan fingerprint density at radius 2 is 1.96 bits per heavy atom. The number of nitrogens with zero attached hydrogens (tertiary/aromatic N) is 1. The number of fused-ring (bicyclic) bond motifs is 1. The van der Waals surface area contributed by atoms with E-state index in [1.54, 1.807) is 0 Å². The smallest absolute Gasteiger partial charge is 0.375 e. The highest BCUT2D eigenvalue weighted by Gasteiger charge is 2.38. The number of amides is 1. The molecule has 1 aromatic rings. The van der Waals surface area contributed by atoms with Crippen molar-refractivity contribution in [3.8, 4) is 0 Å². The molecule has 2 heterocycles. The first kappa shape index (κ1) is 19.2. The van der Waals surface area contributed by atoms with Gasteiger partial charge in [0.25, 0.3) is 0 Å². The summed E-state index contributed by atoms with van der Waals surface area (Å²) in [4.78, 5) is 14.6. The third-order valence-corrected chi connectivity index (χ3v) is 5.20. The molecule has 2 fully saturated rings. The van der Waals surface area contributed by atoms with Gasteiger partial charge in [-0.2, -0.15) is 13.2 Å². The Morgan fingerprint density at radius 3 is 2.58 bits per heavy atom. The Labute approximate surface area is 151 Å². The van der Waals surface area contributed by atoms with Gasteiger partial charge in [-0.1, -0.05) is 26.0 Å². The summed E-state index contributed by atoms with van der Waals surface area (Å²) < 4.78 is 43.6. The van der Waals surface area contributed by atoms with Crippen LogP contribution >= 0.6 is 0 Å².